The molecule has 0 spiro atoms. The summed E-state index contributed by atoms with van der Waals surface area (Å²) >= 11 is 11.8. The fourth-order valence-electron chi connectivity index (χ4n) is 1.98. The highest BCUT2D eigenvalue weighted by atomic mass is 35.5. The summed E-state index contributed by atoms with van der Waals surface area (Å²) in [7, 11) is 0. The zero-order valence-electron chi connectivity index (χ0n) is 13.7. The fraction of sp³-hybridized carbons (Fsp3) is 0.222. The predicted molar refractivity (Wildman–Crippen MR) is 97.3 cm³/mol. The van der Waals surface area contributed by atoms with Crippen molar-refractivity contribution in [2.24, 2.45) is 0 Å². The van der Waals surface area contributed by atoms with Crippen LogP contribution in [-0.2, 0) is 14.3 Å². The third-order valence-electron chi connectivity index (χ3n) is 3.18. The van der Waals surface area contributed by atoms with E-state index in [0.717, 1.165) is 5.56 Å². The van der Waals surface area contributed by atoms with E-state index in [1.54, 1.807) is 18.2 Å². The van der Waals surface area contributed by atoms with E-state index in [-0.39, 0.29) is 5.02 Å². The number of esters is 1. The normalized spacial score (nSPS) is 11.5. The summed E-state index contributed by atoms with van der Waals surface area (Å²) in [6.07, 6.45) is -0.926. The number of carbonyl (C=O) groups is 2. The molecule has 5 nitrogen and oxygen atoms in total. The van der Waals surface area contributed by atoms with Crippen molar-refractivity contribution in [3.63, 3.8) is 0 Å². The Morgan fingerprint density at radius 2 is 1.92 bits per heavy atom. The number of ether oxygens (including phenoxy) is 2. The van der Waals surface area contributed by atoms with Crippen LogP contribution in [0.1, 0.15) is 12.5 Å². The monoisotopic (exact) mass is 381 g/mol. The van der Waals surface area contributed by atoms with Crippen LogP contribution in [0, 0.1) is 6.92 Å². The zero-order valence-corrected chi connectivity index (χ0v) is 15.2. The molecule has 132 valence electrons. The van der Waals surface area contributed by atoms with Gasteiger partial charge in [-0.25, -0.2) is 4.79 Å². The number of hydrogen-bond donors (Lipinski definition) is 1. The maximum atomic E-state index is 11.9. The molecule has 1 amide bonds. The van der Waals surface area contributed by atoms with Crippen LogP contribution in [0.25, 0.3) is 0 Å². The molecular formula is C18H17Cl2NO4. The highest BCUT2D eigenvalue weighted by Gasteiger charge is 2.19. The summed E-state index contributed by atoms with van der Waals surface area (Å²) in [5, 5.41) is 3.39. The Morgan fingerprint density at radius 3 is 2.60 bits per heavy atom. The summed E-state index contributed by atoms with van der Waals surface area (Å²) in [5.74, 6) is -0.805. The SMILES string of the molecule is Cc1cccc(NC(=O)COC(=O)[C@H](C)Oc2ccc(Cl)cc2Cl)c1. The lowest BCUT2D eigenvalue weighted by atomic mass is 10.2. The van der Waals surface area contributed by atoms with Crippen molar-refractivity contribution in [3.8, 4) is 5.75 Å². The van der Waals surface area contributed by atoms with Gasteiger partial charge in [0, 0.05) is 10.7 Å². The average Bonchev–Trinajstić information content (AvgIpc) is 2.55. The lowest BCUT2D eigenvalue weighted by Crippen LogP contribution is -2.29. The molecule has 1 N–H and O–H groups in total. The zero-order chi connectivity index (χ0) is 18.4. The van der Waals surface area contributed by atoms with Gasteiger partial charge in [-0.1, -0.05) is 35.3 Å². The van der Waals surface area contributed by atoms with Crippen LogP contribution in [-0.4, -0.2) is 24.6 Å². The topological polar surface area (TPSA) is 64.6 Å². The van der Waals surface area contributed by atoms with Crippen LogP contribution in [0.3, 0.4) is 0 Å². The molecule has 0 unspecified atom stereocenters. The van der Waals surface area contributed by atoms with Crippen molar-refractivity contribution in [1.82, 2.24) is 0 Å². The smallest absolute Gasteiger partial charge is 0.347 e. The first-order valence-electron chi connectivity index (χ1n) is 7.50. The number of rotatable bonds is 6. The Kier molecular flexibility index (Phi) is 6.67. The first-order valence-corrected chi connectivity index (χ1v) is 8.25. The van der Waals surface area contributed by atoms with Crippen molar-refractivity contribution in [1.29, 1.82) is 0 Å². The van der Waals surface area contributed by atoms with Gasteiger partial charge in [0.15, 0.2) is 12.7 Å². The highest BCUT2D eigenvalue weighted by molar-refractivity contribution is 6.35. The number of benzene rings is 2. The minimum atomic E-state index is -0.926. The van der Waals surface area contributed by atoms with E-state index >= 15 is 0 Å². The summed E-state index contributed by atoms with van der Waals surface area (Å²) in [4.78, 5) is 23.8. The Labute approximate surface area is 155 Å². The first-order chi connectivity index (χ1) is 11.8. The van der Waals surface area contributed by atoms with Crippen LogP contribution in [0.2, 0.25) is 10.0 Å². The van der Waals surface area contributed by atoms with Gasteiger partial charge in [0.1, 0.15) is 5.75 Å². The van der Waals surface area contributed by atoms with Gasteiger partial charge in [0.25, 0.3) is 5.91 Å². The van der Waals surface area contributed by atoms with Crippen molar-refractivity contribution in [2.75, 3.05) is 11.9 Å². The molecule has 2 aromatic carbocycles. The quantitative estimate of drug-likeness (QED) is 0.759. The molecule has 25 heavy (non-hydrogen) atoms. The van der Waals surface area contributed by atoms with E-state index in [1.807, 2.05) is 25.1 Å². The molecule has 0 aliphatic heterocycles. The van der Waals surface area contributed by atoms with E-state index in [0.29, 0.717) is 16.5 Å². The average molecular weight is 382 g/mol. The summed E-state index contributed by atoms with van der Waals surface area (Å²) in [6.45, 7) is 3.01. The first kappa shape index (κ1) is 19.1. The minimum Gasteiger partial charge on any atom is -0.477 e. The molecule has 0 radical (unpaired) electrons. The Morgan fingerprint density at radius 1 is 1.16 bits per heavy atom. The van der Waals surface area contributed by atoms with Gasteiger partial charge >= 0.3 is 5.97 Å². The van der Waals surface area contributed by atoms with Crippen LogP contribution in [0.5, 0.6) is 5.75 Å². The third-order valence-corrected chi connectivity index (χ3v) is 3.71. The molecule has 0 saturated carbocycles. The van der Waals surface area contributed by atoms with E-state index in [2.05, 4.69) is 5.32 Å². The van der Waals surface area contributed by atoms with Gasteiger partial charge in [-0.05, 0) is 49.7 Å². The summed E-state index contributed by atoms with van der Waals surface area (Å²) in [5.41, 5.74) is 1.65. The standard InChI is InChI=1S/C18H17Cl2NO4/c1-11-4-3-5-14(8-11)21-17(22)10-24-18(23)12(2)25-16-7-6-13(19)9-15(16)20/h3-9,12H,10H2,1-2H3,(H,21,22)/t12-/m0/s1. The predicted octanol–water partition coefficient (Wildman–Crippen LogP) is 4.25. The van der Waals surface area contributed by atoms with Crippen LogP contribution in [0.15, 0.2) is 42.5 Å². The van der Waals surface area contributed by atoms with E-state index in [1.165, 1.54) is 13.0 Å². The molecule has 0 bridgehead atoms. The highest BCUT2D eigenvalue weighted by Crippen LogP contribution is 2.28. The Balaban J connectivity index is 1.83. The van der Waals surface area contributed by atoms with Gasteiger partial charge in [0.05, 0.1) is 5.02 Å². The Bertz CT molecular complexity index is 779. The third kappa shape index (κ3) is 5.96. The van der Waals surface area contributed by atoms with Crippen molar-refractivity contribution in [3.05, 3.63) is 58.1 Å². The van der Waals surface area contributed by atoms with Gasteiger partial charge in [0.2, 0.25) is 0 Å². The second kappa shape index (κ2) is 8.74. The molecule has 0 aromatic heterocycles. The molecule has 0 aliphatic carbocycles. The Hall–Kier alpha value is -2.24. The van der Waals surface area contributed by atoms with Gasteiger partial charge in [-0.15, -0.1) is 0 Å². The van der Waals surface area contributed by atoms with E-state index in [4.69, 9.17) is 32.7 Å². The second-order valence-corrected chi connectivity index (χ2v) is 6.20. The molecule has 0 aliphatic rings. The molecule has 2 aromatic rings. The maximum absolute atomic E-state index is 11.9. The van der Waals surface area contributed by atoms with Crippen molar-refractivity contribution >= 4 is 40.8 Å². The van der Waals surface area contributed by atoms with Gasteiger partial charge < -0.3 is 14.8 Å². The minimum absolute atomic E-state index is 0.282. The number of halogens is 2. The number of nitrogens with one attached hydrogen (secondary N) is 1. The number of amides is 1. The fourth-order valence-corrected chi connectivity index (χ4v) is 2.44. The number of aryl methyl sites for hydroxylation is 1. The maximum Gasteiger partial charge on any atom is 0.347 e. The molecule has 1 atom stereocenters. The molecular weight excluding hydrogens is 365 g/mol. The number of anilines is 1. The van der Waals surface area contributed by atoms with Crippen molar-refractivity contribution in [2.45, 2.75) is 20.0 Å². The molecule has 2 rings (SSSR count). The molecule has 0 fully saturated rings. The molecule has 0 saturated heterocycles. The van der Waals surface area contributed by atoms with Crippen LogP contribution >= 0.6 is 23.2 Å². The van der Waals surface area contributed by atoms with Crippen LogP contribution < -0.4 is 10.1 Å². The van der Waals surface area contributed by atoms with Gasteiger partial charge in [-0.2, -0.15) is 0 Å². The van der Waals surface area contributed by atoms with E-state index < -0.39 is 24.6 Å². The van der Waals surface area contributed by atoms with E-state index in [9.17, 15) is 9.59 Å². The second-order valence-electron chi connectivity index (χ2n) is 5.36. The van der Waals surface area contributed by atoms with Crippen LogP contribution in [0.4, 0.5) is 5.69 Å². The summed E-state index contributed by atoms with van der Waals surface area (Å²) in [6, 6.07) is 12.0. The molecule has 7 heteroatoms. The van der Waals surface area contributed by atoms with Gasteiger partial charge in [-0.3, -0.25) is 4.79 Å². The lowest BCUT2D eigenvalue weighted by molar-refractivity contribution is -0.153. The number of hydrogen-bond acceptors (Lipinski definition) is 4. The molecule has 0 heterocycles. The number of carbonyl (C=O) groups excluding carboxylic acids is 2. The van der Waals surface area contributed by atoms with Crippen molar-refractivity contribution < 1.29 is 19.1 Å². The summed E-state index contributed by atoms with van der Waals surface area (Å²) < 4.78 is 10.4. The lowest BCUT2D eigenvalue weighted by Gasteiger charge is -2.15. The largest absolute Gasteiger partial charge is 0.477 e.